The van der Waals surface area contributed by atoms with Crippen molar-refractivity contribution in [2.75, 3.05) is 31.1 Å². The molecule has 0 amide bonds. The van der Waals surface area contributed by atoms with Crippen molar-refractivity contribution in [1.29, 1.82) is 0 Å². The third kappa shape index (κ3) is 4.36. The Morgan fingerprint density at radius 1 is 1.04 bits per heavy atom. The zero-order valence-corrected chi connectivity index (χ0v) is 17.1. The summed E-state index contributed by atoms with van der Waals surface area (Å²) in [5, 5.41) is 9.04. The van der Waals surface area contributed by atoms with Crippen molar-refractivity contribution in [3.8, 4) is 0 Å². The molecule has 0 saturated carbocycles. The molecule has 3 rings (SSSR count). The predicted molar refractivity (Wildman–Crippen MR) is 109 cm³/mol. The van der Waals surface area contributed by atoms with Crippen LogP contribution in [0.1, 0.15) is 23.6 Å². The van der Waals surface area contributed by atoms with Crippen molar-refractivity contribution in [3.05, 3.63) is 59.2 Å². The van der Waals surface area contributed by atoms with Crippen LogP contribution in [-0.2, 0) is 27.7 Å². The van der Waals surface area contributed by atoms with E-state index in [2.05, 4.69) is 36.1 Å². The topological polar surface area (TPSA) is 77.9 Å². The molecule has 0 bridgehead atoms. The van der Waals surface area contributed by atoms with Crippen LogP contribution in [-0.4, -0.2) is 50.0 Å². The van der Waals surface area contributed by atoms with E-state index in [0.29, 0.717) is 31.7 Å². The fourth-order valence-corrected chi connectivity index (χ4v) is 4.91. The lowest BCUT2D eigenvalue weighted by atomic mass is 10.1. The molecular weight excluding hydrogens is 376 g/mol. The van der Waals surface area contributed by atoms with Crippen LogP contribution in [0.2, 0.25) is 0 Å². The number of hydrogen-bond donors (Lipinski definition) is 1. The van der Waals surface area contributed by atoms with E-state index in [1.54, 1.807) is 19.1 Å². The molecule has 28 heavy (non-hydrogen) atoms. The van der Waals surface area contributed by atoms with Crippen LogP contribution in [0.3, 0.4) is 0 Å². The Bertz CT molecular complexity index is 947. The van der Waals surface area contributed by atoms with Crippen LogP contribution < -0.4 is 4.90 Å². The van der Waals surface area contributed by atoms with Crippen LogP contribution in [0.25, 0.3) is 0 Å². The average molecular weight is 403 g/mol. The first-order valence-electron chi connectivity index (χ1n) is 9.46. The van der Waals surface area contributed by atoms with Crippen molar-refractivity contribution >= 4 is 21.7 Å². The Hall–Kier alpha value is -2.38. The molecule has 0 atom stereocenters. The molecule has 0 aromatic heterocycles. The van der Waals surface area contributed by atoms with Gasteiger partial charge in [0.2, 0.25) is 10.0 Å². The van der Waals surface area contributed by atoms with Gasteiger partial charge in [-0.2, -0.15) is 4.31 Å². The molecule has 1 fully saturated rings. The second-order valence-electron chi connectivity index (χ2n) is 7.07. The first-order chi connectivity index (χ1) is 13.3. The van der Waals surface area contributed by atoms with Gasteiger partial charge in [-0.3, -0.25) is 4.79 Å². The fourth-order valence-electron chi connectivity index (χ4n) is 3.44. The van der Waals surface area contributed by atoms with Crippen LogP contribution in [0.15, 0.2) is 47.4 Å². The summed E-state index contributed by atoms with van der Waals surface area (Å²) in [5.74, 6) is -0.972. The van der Waals surface area contributed by atoms with Crippen molar-refractivity contribution < 1.29 is 18.3 Å². The van der Waals surface area contributed by atoms with E-state index >= 15 is 0 Å². The highest BCUT2D eigenvalue weighted by Gasteiger charge is 2.29. The summed E-state index contributed by atoms with van der Waals surface area (Å²) in [5.41, 5.74) is 3.69. The Kier molecular flexibility index (Phi) is 6.05. The lowest BCUT2D eigenvalue weighted by Crippen LogP contribution is -2.48. The first-order valence-corrected chi connectivity index (χ1v) is 10.9. The average Bonchev–Trinajstić information content (AvgIpc) is 2.69. The van der Waals surface area contributed by atoms with Gasteiger partial charge in [0.25, 0.3) is 0 Å². The van der Waals surface area contributed by atoms with Crippen molar-refractivity contribution in [2.45, 2.75) is 31.6 Å². The quantitative estimate of drug-likeness (QED) is 0.804. The second-order valence-corrected chi connectivity index (χ2v) is 9.01. The third-order valence-electron chi connectivity index (χ3n) is 5.25. The molecule has 0 aliphatic carbocycles. The lowest BCUT2D eigenvalue weighted by Gasteiger charge is -2.35. The van der Waals surface area contributed by atoms with E-state index in [1.165, 1.54) is 15.9 Å². The number of sulfonamides is 1. The van der Waals surface area contributed by atoms with E-state index < -0.39 is 16.0 Å². The third-order valence-corrected chi connectivity index (χ3v) is 7.14. The number of carbonyl (C=O) groups is 1. The smallest absolute Gasteiger partial charge is 0.307 e. The maximum absolute atomic E-state index is 13.0. The number of piperazine rings is 1. The highest BCUT2D eigenvalue weighted by atomic mass is 32.2. The number of aliphatic carboxylic acids is 1. The van der Waals surface area contributed by atoms with Gasteiger partial charge in [0.1, 0.15) is 0 Å². The number of nitrogens with zero attached hydrogens (tertiary/aromatic N) is 2. The molecule has 150 valence electrons. The summed E-state index contributed by atoms with van der Waals surface area (Å²) in [7, 11) is -3.64. The zero-order valence-electron chi connectivity index (χ0n) is 16.3. The molecule has 2 aromatic carbocycles. The van der Waals surface area contributed by atoms with Gasteiger partial charge in [0.15, 0.2) is 0 Å². The number of carboxylic acids is 1. The van der Waals surface area contributed by atoms with E-state index in [0.717, 1.165) is 17.7 Å². The van der Waals surface area contributed by atoms with Crippen molar-refractivity contribution in [2.24, 2.45) is 0 Å². The van der Waals surface area contributed by atoms with E-state index in [9.17, 15) is 13.2 Å². The maximum atomic E-state index is 13.0. The van der Waals surface area contributed by atoms with Crippen LogP contribution in [0, 0.1) is 6.92 Å². The lowest BCUT2D eigenvalue weighted by molar-refractivity contribution is -0.136. The summed E-state index contributed by atoms with van der Waals surface area (Å²) in [6, 6.07) is 13.1. The van der Waals surface area contributed by atoms with Gasteiger partial charge < -0.3 is 10.0 Å². The summed E-state index contributed by atoms with van der Waals surface area (Å²) in [6.45, 7) is 5.96. The van der Waals surface area contributed by atoms with E-state index in [1.807, 2.05) is 0 Å². The van der Waals surface area contributed by atoms with Gasteiger partial charge >= 0.3 is 5.97 Å². The SMILES string of the molecule is CCc1ccc(N2CCN(S(=O)(=O)c3ccc(C)c(CC(=O)O)c3)CC2)cc1. The Morgan fingerprint density at radius 3 is 2.25 bits per heavy atom. The Balaban J connectivity index is 1.73. The minimum Gasteiger partial charge on any atom is -0.481 e. The van der Waals surface area contributed by atoms with E-state index in [-0.39, 0.29) is 11.3 Å². The highest BCUT2D eigenvalue weighted by Crippen LogP contribution is 2.23. The Morgan fingerprint density at radius 2 is 1.68 bits per heavy atom. The minimum atomic E-state index is -3.64. The summed E-state index contributed by atoms with van der Waals surface area (Å²) in [4.78, 5) is 13.4. The van der Waals surface area contributed by atoms with Crippen LogP contribution in [0.4, 0.5) is 5.69 Å². The summed E-state index contributed by atoms with van der Waals surface area (Å²) in [6.07, 6.45) is 0.809. The number of aryl methyl sites for hydroxylation is 2. The monoisotopic (exact) mass is 402 g/mol. The van der Waals surface area contributed by atoms with Gasteiger partial charge in [0.05, 0.1) is 11.3 Å². The predicted octanol–water partition coefficient (Wildman–Crippen LogP) is 2.70. The van der Waals surface area contributed by atoms with Gasteiger partial charge in [-0.1, -0.05) is 25.1 Å². The zero-order chi connectivity index (χ0) is 20.3. The van der Waals surface area contributed by atoms with Gasteiger partial charge in [-0.15, -0.1) is 0 Å². The maximum Gasteiger partial charge on any atom is 0.307 e. The highest BCUT2D eigenvalue weighted by molar-refractivity contribution is 7.89. The standard InChI is InChI=1S/C21H26N2O4S/c1-3-17-5-7-19(8-6-17)22-10-12-23(13-11-22)28(26,27)20-9-4-16(2)18(14-20)15-21(24)25/h4-9,14H,3,10-13,15H2,1-2H3,(H,24,25). The largest absolute Gasteiger partial charge is 0.481 e. The fraction of sp³-hybridized carbons (Fsp3) is 0.381. The molecule has 6 nitrogen and oxygen atoms in total. The molecule has 0 radical (unpaired) electrons. The van der Waals surface area contributed by atoms with Crippen LogP contribution >= 0.6 is 0 Å². The molecule has 1 aliphatic rings. The van der Waals surface area contributed by atoms with Crippen molar-refractivity contribution in [3.63, 3.8) is 0 Å². The number of rotatable bonds is 6. The molecular formula is C21H26N2O4S. The first kappa shape index (κ1) is 20.4. The van der Waals surface area contributed by atoms with Crippen LogP contribution in [0.5, 0.6) is 0 Å². The van der Waals surface area contributed by atoms with Gasteiger partial charge in [0, 0.05) is 31.9 Å². The van der Waals surface area contributed by atoms with E-state index in [4.69, 9.17) is 5.11 Å². The number of benzene rings is 2. The molecule has 7 heteroatoms. The molecule has 1 aliphatic heterocycles. The molecule has 1 heterocycles. The molecule has 0 unspecified atom stereocenters. The molecule has 1 N–H and O–H groups in total. The number of hydrogen-bond acceptors (Lipinski definition) is 4. The number of anilines is 1. The Labute approximate surface area is 166 Å². The summed E-state index contributed by atoms with van der Waals surface area (Å²) < 4.78 is 27.5. The summed E-state index contributed by atoms with van der Waals surface area (Å²) >= 11 is 0. The minimum absolute atomic E-state index is 0.162. The molecule has 0 spiro atoms. The van der Waals surface area contributed by atoms with Gasteiger partial charge in [-0.05, 0) is 54.3 Å². The van der Waals surface area contributed by atoms with Crippen molar-refractivity contribution in [1.82, 2.24) is 4.31 Å². The molecule has 2 aromatic rings. The molecule has 1 saturated heterocycles. The number of carboxylic acid groups (broad SMARTS) is 1. The second kappa shape index (κ2) is 8.32. The normalized spacial score (nSPS) is 15.6. The van der Waals surface area contributed by atoms with Gasteiger partial charge in [-0.25, -0.2) is 8.42 Å².